The zero-order valence-corrected chi connectivity index (χ0v) is 16.0. The van der Waals surface area contributed by atoms with E-state index in [4.69, 9.17) is 4.78 Å². The fourth-order valence-electron chi connectivity index (χ4n) is 1.35. The van der Waals surface area contributed by atoms with Crippen LogP contribution in [0.25, 0.3) is 0 Å². The second-order valence-corrected chi connectivity index (χ2v) is 15.5. The minimum absolute atomic E-state index is 0.00699. The molecule has 1 aromatic heterocycles. The molecule has 7 heteroatoms. The Balaban J connectivity index is 3.10. The Morgan fingerprint density at radius 3 is 2.15 bits per heavy atom. The van der Waals surface area contributed by atoms with E-state index in [1.807, 2.05) is 0 Å². The molecule has 0 spiro atoms. The van der Waals surface area contributed by atoms with E-state index in [-0.39, 0.29) is 5.04 Å². The molecule has 0 radical (unpaired) electrons. The lowest BCUT2D eigenvalue weighted by atomic mass is 10.0. The van der Waals surface area contributed by atoms with Gasteiger partial charge in [0.15, 0.2) is 0 Å². The number of aliphatic hydroxyl groups is 1. The highest BCUT2D eigenvalue weighted by atomic mass is 32.2. The molecule has 0 fully saturated rings. The van der Waals surface area contributed by atoms with Gasteiger partial charge in [-0.1, -0.05) is 33.9 Å². The lowest BCUT2D eigenvalue weighted by molar-refractivity contribution is 0.0789. The van der Waals surface area contributed by atoms with Crippen LogP contribution < -0.4 is 4.39 Å². The lowest BCUT2D eigenvalue weighted by Gasteiger charge is -2.37. The van der Waals surface area contributed by atoms with Gasteiger partial charge < -0.3 is 5.11 Å². The quantitative estimate of drug-likeness (QED) is 0.731. The Morgan fingerprint density at radius 2 is 1.80 bits per heavy atom. The molecule has 4 nitrogen and oxygen atoms in total. The average Bonchev–Trinajstić information content (AvgIpc) is 2.61. The summed E-state index contributed by atoms with van der Waals surface area (Å²) in [4.78, 5) is 0. The van der Waals surface area contributed by atoms with Gasteiger partial charge in [-0.3, -0.25) is 0 Å². The van der Waals surface area contributed by atoms with E-state index < -0.39 is 23.8 Å². The molecule has 1 heterocycles. The Labute approximate surface area is 127 Å². The number of hydrogen-bond donors (Lipinski definition) is 3. The molecule has 0 saturated carbocycles. The van der Waals surface area contributed by atoms with Gasteiger partial charge >= 0.3 is 0 Å². The Bertz CT molecular complexity index is 578. The Morgan fingerprint density at radius 1 is 1.30 bits per heavy atom. The molecule has 0 aromatic carbocycles. The summed E-state index contributed by atoms with van der Waals surface area (Å²) in [7, 11) is -5.05. The first kappa shape index (κ1) is 17.8. The molecular weight excluding hydrogens is 308 g/mol. The van der Waals surface area contributed by atoms with Crippen LogP contribution in [0.4, 0.5) is 0 Å². The van der Waals surface area contributed by atoms with Crippen LogP contribution in [0.5, 0.6) is 0 Å². The first-order chi connectivity index (χ1) is 8.67. The monoisotopic (exact) mass is 334 g/mol. The molecule has 0 amide bonds. The summed E-state index contributed by atoms with van der Waals surface area (Å²) in [6.07, 6.45) is 0. The smallest absolute Gasteiger partial charge is 0.140 e. The predicted octanol–water partition coefficient (Wildman–Crippen LogP) is 3.89. The Hall–Kier alpha value is -0.213. The molecule has 1 unspecified atom stereocenters. The van der Waals surface area contributed by atoms with Gasteiger partial charge in [0.1, 0.15) is 22.4 Å². The van der Waals surface area contributed by atoms with Crippen molar-refractivity contribution in [3.63, 3.8) is 0 Å². The normalized spacial score (nSPS) is 17.0. The van der Waals surface area contributed by atoms with E-state index in [2.05, 4.69) is 38.3 Å². The second-order valence-electron chi connectivity index (χ2n) is 7.25. The van der Waals surface area contributed by atoms with Crippen molar-refractivity contribution in [2.75, 3.05) is 0 Å². The van der Waals surface area contributed by atoms with E-state index in [1.165, 1.54) is 11.3 Å². The summed E-state index contributed by atoms with van der Waals surface area (Å²) in [5.41, 5.74) is -0.268. The third kappa shape index (κ3) is 3.91. The third-order valence-corrected chi connectivity index (χ3v) is 13.2. The summed E-state index contributed by atoms with van der Waals surface area (Å²) >= 11 is 1.27. The number of rotatable bonds is 4. The van der Waals surface area contributed by atoms with E-state index >= 15 is 0 Å². The SMILES string of the molecule is CC(C)(O)c1csc(S(=N)(=O)N[Si](C)(C)C(C)(C)C)c1. The van der Waals surface area contributed by atoms with Crippen molar-refractivity contribution in [1.29, 1.82) is 4.78 Å². The van der Waals surface area contributed by atoms with Crippen LogP contribution >= 0.6 is 11.3 Å². The van der Waals surface area contributed by atoms with Crippen LogP contribution in [0, 0.1) is 4.78 Å². The van der Waals surface area contributed by atoms with Crippen LogP contribution in [-0.4, -0.2) is 17.6 Å². The first-order valence-electron chi connectivity index (χ1n) is 6.56. The van der Waals surface area contributed by atoms with Crippen LogP contribution in [0.1, 0.15) is 40.2 Å². The fourth-order valence-corrected chi connectivity index (χ4v) is 8.00. The van der Waals surface area contributed by atoms with Gasteiger partial charge in [-0.05, 0) is 35.9 Å². The van der Waals surface area contributed by atoms with Gasteiger partial charge in [-0.2, -0.15) is 0 Å². The summed E-state index contributed by atoms with van der Waals surface area (Å²) in [6.45, 7) is 13.9. The zero-order chi connectivity index (χ0) is 16.0. The first-order valence-corrected chi connectivity index (χ1v) is 12.0. The van der Waals surface area contributed by atoms with Gasteiger partial charge in [0.2, 0.25) is 0 Å². The lowest BCUT2D eigenvalue weighted by Crippen LogP contribution is -2.53. The maximum atomic E-state index is 12.7. The molecule has 0 aliphatic rings. The highest BCUT2D eigenvalue weighted by Gasteiger charge is 2.38. The molecule has 1 atom stereocenters. The molecule has 0 bridgehead atoms. The van der Waals surface area contributed by atoms with E-state index in [0.29, 0.717) is 9.77 Å². The zero-order valence-electron chi connectivity index (χ0n) is 13.3. The average molecular weight is 335 g/mol. The maximum Gasteiger partial charge on any atom is 0.140 e. The van der Waals surface area contributed by atoms with E-state index in [9.17, 15) is 9.32 Å². The topological polar surface area (TPSA) is 73.2 Å². The van der Waals surface area contributed by atoms with Crippen molar-refractivity contribution >= 4 is 29.5 Å². The molecule has 20 heavy (non-hydrogen) atoms. The van der Waals surface area contributed by atoms with Crippen molar-refractivity contribution in [2.45, 2.75) is 62.6 Å². The highest BCUT2D eigenvalue weighted by molar-refractivity contribution is 7.94. The van der Waals surface area contributed by atoms with Gasteiger partial charge in [0, 0.05) is 0 Å². The third-order valence-electron chi connectivity index (χ3n) is 3.84. The number of hydrogen-bond acceptors (Lipinski definition) is 4. The molecule has 0 saturated heterocycles. The van der Waals surface area contributed by atoms with Crippen molar-refractivity contribution in [2.24, 2.45) is 0 Å². The number of thiophene rings is 1. The van der Waals surface area contributed by atoms with Crippen LogP contribution in [0.3, 0.4) is 0 Å². The molecule has 1 aromatic rings. The van der Waals surface area contributed by atoms with Crippen LogP contribution in [0.15, 0.2) is 15.7 Å². The highest BCUT2D eigenvalue weighted by Crippen LogP contribution is 2.36. The van der Waals surface area contributed by atoms with E-state index in [0.717, 1.165) is 0 Å². The molecule has 0 aliphatic carbocycles. The van der Waals surface area contributed by atoms with Crippen molar-refractivity contribution in [3.8, 4) is 0 Å². The summed E-state index contributed by atoms with van der Waals surface area (Å²) in [6, 6.07) is 1.68. The minimum atomic E-state index is -3.02. The standard InChI is InChI=1S/C13H26N2O2S2Si/c1-12(2,3)20(6,7)15-19(14,17)11-8-10(9-18-11)13(4,5)16/h8-9,16H,1-7H3,(H2,14,15,17). The van der Waals surface area contributed by atoms with Gasteiger partial charge in [-0.15, -0.1) is 11.3 Å². The molecular formula is C13H26N2O2S2Si. The predicted molar refractivity (Wildman–Crippen MR) is 89.0 cm³/mol. The number of nitrogens with one attached hydrogen (secondary N) is 2. The van der Waals surface area contributed by atoms with Crippen molar-refractivity contribution in [1.82, 2.24) is 4.39 Å². The van der Waals surface area contributed by atoms with Gasteiger partial charge in [0.25, 0.3) is 0 Å². The second kappa shape index (κ2) is 5.21. The summed E-state index contributed by atoms with van der Waals surface area (Å²) in [5.74, 6) is 0. The molecule has 3 N–H and O–H groups in total. The van der Waals surface area contributed by atoms with Gasteiger partial charge in [-0.25, -0.2) is 13.4 Å². The van der Waals surface area contributed by atoms with Crippen molar-refractivity contribution in [3.05, 3.63) is 17.0 Å². The van der Waals surface area contributed by atoms with E-state index in [1.54, 1.807) is 25.3 Å². The summed E-state index contributed by atoms with van der Waals surface area (Å²) < 4.78 is 24.5. The molecule has 0 aliphatic heterocycles. The maximum absolute atomic E-state index is 12.7. The van der Waals surface area contributed by atoms with Crippen LogP contribution in [0.2, 0.25) is 18.1 Å². The largest absolute Gasteiger partial charge is 0.386 e. The van der Waals surface area contributed by atoms with Gasteiger partial charge in [0.05, 0.1) is 5.60 Å². The molecule has 116 valence electrons. The summed E-state index contributed by atoms with van der Waals surface area (Å²) in [5, 5.41) is 11.8. The van der Waals surface area contributed by atoms with Crippen LogP contribution in [-0.2, 0) is 15.5 Å². The van der Waals surface area contributed by atoms with Crippen molar-refractivity contribution < 1.29 is 9.32 Å². The fraction of sp³-hybridized carbons (Fsp3) is 0.692. The minimum Gasteiger partial charge on any atom is -0.386 e. The Kier molecular flexibility index (Phi) is 4.64. The molecule has 1 rings (SSSR count).